The first kappa shape index (κ1) is 14.9. The van der Waals surface area contributed by atoms with Crippen LogP contribution >= 0.6 is 0 Å². The van der Waals surface area contributed by atoms with E-state index in [1.165, 1.54) is 24.1 Å². The van der Waals surface area contributed by atoms with Crippen molar-refractivity contribution in [2.45, 2.75) is 38.8 Å². The predicted octanol–water partition coefficient (Wildman–Crippen LogP) is 1.90. The van der Waals surface area contributed by atoms with E-state index < -0.39 is 0 Å². The van der Waals surface area contributed by atoms with E-state index in [1.54, 1.807) is 7.05 Å². The molecular weight excluding hydrogens is 250 g/mol. The first-order chi connectivity index (χ1) is 9.74. The summed E-state index contributed by atoms with van der Waals surface area (Å²) in [4.78, 5) is 13.9. The van der Waals surface area contributed by atoms with Gasteiger partial charge in [-0.25, -0.2) is 0 Å². The summed E-state index contributed by atoms with van der Waals surface area (Å²) < 4.78 is 0. The molecule has 1 aromatic rings. The quantitative estimate of drug-likeness (QED) is 0.761. The molecule has 0 aliphatic heterocycles. The molecule has 2 rings (SSSR count). The number of amides is 1. The van der Waals surface area contributed by atoms with Crippen LogP contribution in [-0.2, 0) is 11.3 Å². The van der Waals surface area contributed by atoms with E-state index in [1.807, 2.05) is 6.07 Å². The Labute approximate surface area is 121 Å². The molecule has 1 saturated carbocycles. The number of likely N-dealkylation sites (N-methyl/N-ethyl adjacent to an activating group) is 1. The second-order valence-electron chi connectivity index (χ2n) is 5.38. The van der Waals surface area contributed by atoms with Crippen LogP contribution in [-0.4, -0.2) is 32.1 Å². The van der Waals surface area contributed by atoms with Crippen LogP contribution < -0.4 is 15.5 Å². The van der Waals surface area contributed by atoms with Crippen molar-refractivity contribution in [2.24, 2.45) is 0 Å². The molecule has 4 heteroatoms. The highest BCUT2D eigenvalue weighted by molar-refractivity contribution is 5.81. The van der Waals surface area contributed by atoms with Crippen molar-refractivity contribution in [3.8, 4) is 0 Å². The average Bonchev–Trinajstić information content (AvgIpc) is 3.29. The Hall–Kier alpha value is -1.55. The molecule has 0 spiro atoms. The van der Waals surface area contributed by atoms with Crippen LogP contribution in [0.1, 0.15) is 31.7 Å². The molecule has 1 aliphatic rings. The lowest BCUT2D eigenvalue weighted by Crippen LogP contribution is -2.37. The number of nitrogens with one attached hydrogen (secondary N) is 2. The zero-order valence-corrected chi connectivity index (χ0v) is 12.5. The topological polar surface area (TPSA) is 44.4 Å². The average molecular weight is 275 g/mol. The van der Waals surface area contributed by atoms with E-state index in [4.69, 9.17) is 0 Å². The Morgan fingerprint density at radius 3 is 2.75 bits per heavy atom. The first-order valence-corrected chi connectivity index (χ1v) is 7.51. The normalized spacial score (nSPS) is 14.1. The van der Waals surface area contributed by atoms with Gasteiger partial charge in [0.1, 0.15) is 0 Å². The molecule has 4 nitrogen and oxygen atoms in total. The van der Waals surface area contributed by atoms with E-state index in [0.717, 1.165) is 19.5 Å². The lowest BCUT2D eigenvalue weighted by molar-refractivity contribution is -0.119. The van der Waals surface area contributed by atoms with Gasteiger partial charge in [-0.3, -0.25) is 4.79 Å². The van der Waals surface area contributed by atoms with Gasteiger partial charge in [-0.15, -0.1) is 0 Å². The number of carbonyl (C=O) groups excluding carboxylic acids is 1. The van der Waals surface area contributed by atoms with Crippen LogP contribution in [0.2, 0.25) is 0 Å². The number of anilines is 1. The van der Waals surface area contributed by atoms with E-state index in [0.29, 0.717) is 12.6 Å². The molecule has 110 valence electrons. The minimum absolute atomic E-state index is 0.0587. The molecule has 0 heterocycles. The van der Waals surface area contributed by atoms with Gasteiger partial charge in [0.05, 0.1) is 6.54 Å². The third-order valence-corrected chi connectivity index (χ3v) is 3.60. The summed E-state index contributed by atoms with van der Waals surface area (Å²) in [6.07, 6.45) is 3.61. The van der Waals surface area contributed by atoms with Crippen molar-refractivity contribution in [1.82, 2.24) is 10.6 Å². The van der Waals surface area contributed by atoms with E-state index in [2.05, 4.69) is 40.7 Å². The molecule has 1 fully saturated rings. The van der Waals surface area contributed by atoms with Crippen LogP contribution in [0.5, 0.6) is 0 Å². The molecule has 0 atom stereocenters. The Morgan fingerprint density at radius 1 is 1.35 bits per heavy atom. The van der Waals surface area contributed by atoms with Gasteiger partial charge >= 0.3 is 0 Å². The molecule has 0 bridgehead atoms. The Kier molecular flexibility index (Phi) is 5.41. The van der Waals surface area contributed by atoms with Gasteiger partial charge in [-0.2, -0.15) is 0 Å². The fourth-order valence-corrected chi connectivity index (χ4v) is 2.32. The zero-order chi connectivity index (χ0) is 14.4. The Bertz CT molecular complexity index is 443. The van der Waals surface area contributed by atoms with E-state index in [-0.39, 0.29) is 5.91 Å². The van der Waals surface area contributed by atoms with E-state index in [9.17, 15) is 4.79 Å². The molecular formula is C16H25N3O. The van der Waals surface area contributed by atoms with Crippen molar-refractivity contribution in [2.75, 3.05) is 25.0 Å². The van der Waals surface area contributed by atoms with Crippen LogP contribution in [0.25, 0.3) is 0 Å². The van der Waals surface area contributed by atoms with Gasteiger partial charge in [0.25, 0.3) is 0 Å². The maximum Gasteiger partial charge on any atom is 0.239 e. The maximum atomic E-state index is 11.7. The molecule has 1 amide bonds. The largest absolute Gasteiger partial charge is 0.362 e. The van der Waals surface area contributed by atoms with Crippen LogP contribution in [0.4, 0.5) is 5.69 Å². The number of rotatable bonds is 8. The van der Waals surface area contributed by atoms with Crippen molar-refractivity contribution in [3.05, 3.63) is 29.8 Å². The molecule has 1 aliphatic carbocycles. The monoisotopic (exact) mass is 275 g/mol. The number of benzene rings is 1. The summed E-state index contributed by atoms with van der Waals surface area (Å²) in [6, 6.07) is 9.07. The number of nitrogens with zero attached hydrogens (tertiary/aromatic N) is 1. The maximum absolute atomic E-state index is 11.7. The van der Waals surface area contributed by atoms with Crippen LogP contribution in [0.3, 0.4) is 0 Å². The number of hydrogen-bond acceptors (Lipinski definition) is 3. The lowest BCUT2D eigenvalue weighted by Gasteiger charge is -2.26. The summed E-state index contributed by atoms with van der Waals surface area (Å²) >= 11 is 0. The van der Waals surface area contributed by atoms with Crippen molar-refractivity contribution >= 4 is 11.6 Å². The number of para-hydroxylation sites is 1. The van der Waals surface area contributed by atoms with E-state index >= 15 is 0 Å². The fourth-order valence-electron chi connectivity index (χ4n) is 2.32. The minimum atomic E-state index is 0.0587. The van der Waals surface area contributed by atoms with Crippen molar-refractivity contribution < 1.29 is 4.79 Å². The summed E-state index contributed by atoms with van der Waals surface area (Å²) in [5.41, 5.74) is 2.45. The molecule has 0 saturated heterocycles. The summed E-state index contributed by atoms with van der Waals surface area (Å²) in [6.45, 7) is 4.34. The Morgan fingerprint density at radius 2 is 2.10 bits per heavy atom. The van der Waals surface area contributed by atoms with Crippen molar-refractivity contribution in [3.63, 3.8) is 0 Å². The molecule has 0 radical (unpaired) electrons. The van der Waals surface area contributed by atoms with Crippen LogP contribution in [0.15, 0.2) is 24.3 Å². The molecule has 1 aromatic carbocycles. The smallest absolute Gasteiger partial charge is 0.239 e. The highest BCUT2D eigenvalue weighted by atomic mass is 16.1. The fraction of sp³-hybridized carbons (Fsp3) is 0.562. The second kappa shape index (κ2) is 7.29. The third kappa shape index (κ3) is 4.23. The Balaban J connectivity index is 2.10. The molecule has 2 N–H and O–H groups in total. The van der Waals surface area contributed by atoms with Crippen LogP contribution in [0, 0.1) is 0 Å². The van der Waals surface area contributed by atoms with Gasteiger partial charge < -0.3 is 15.5 Å². The SMILES string of the molecule is CCCN(CC(=O)NC)c1ccccc1CNC1CC1. The summed E-state index contributed by atoms with van der Waals surface area (Å²) in [7, 11) is 1.69. The highest BCUT2D eigenvalue weighted by Gasteiger charge is 2.21. The van der Waals surface area contributed by atoms with Gasteiger partial charge in [0, 0.05) is 31.9 Å². The second-order valence-corrected chi connectivity index (χ2v) is 5.38. The highest BCUT2D eigenvalue weighted by Crippen LogP contribution is 2.23. The number of hydrogen-bond donors (Lipinski definition) is 2. The number of carbonyl (C=O) groups is 1. The van der Waals surface area contributed by atoms with Gasteiger partial charge in [0.15, 0.2) is 0 Å². The summed E-state index contributed by atoms with van der Waals surface area (Å²) in [5.74, 6) is 0.0587. The third-order valence-electron chi connectivity index (χ3n) is 3.60. The van der Waals surface area contributed by atoms with Crippen molar-refractivity contribution in [1.29, 1.82) is 0 Å². The first-order valence-electron chi connectivity index (χ1n) is 7.51. The van der Waals surface area contributed by atoms with Gasteiger partial charge in [0.2, 0.25) is 5.91 Å². The predicted molar refractivity (Wildman–Crippen MR) is 82.9 cm³/mol. The summed E-state index contributed by atoms with van der Waals surface area (Å²) in [5, 5.41) is 6.26. The molecule has 20 heavy (non-hydrogen) atoms. The zero-order valence-electron chi connectivity index (χ0n) is 12.5. The molecule has 0 aromatic heterocycles. The molecule has 0 unspecified atom stereocenters. The van der Waals surface area contributed by atoms with Gasteiger partial charge in [-0.1, -0.05) is 25.1 Å². The standard InChI is InChI=1S/C16H25N3O/c1-3-10-19(12-16(20)17-2)15-7-5-4-6-13(15)11-18-14-8-9-14/h4-7,14,18H,3,8-12H2,1-2H3,(H,17,20). The minimum Gasteiger partial charge on any atom is -0.362 e. The van der Waals surface area contributed by atoms with Gasteiger partial charge in [-0.05, 0) is 30.9 Å². The lowest BCUT2D eigenvalue weighted by atomic mass is 10.1.